The standard InChI is InChI=1S/C35H39N3O5S/c1-4-23-36-35(40)33(5-2)37(25-28-14-12-13-27(3)24-28)34(39)26-38(44(41,42)32-17-10-7-11-18-32)29-19-21-31(22-20-29)43-30-15-8-6-9-16-30/h6-22,24,33H,4-5,23,25-26H2,1-3H3,(H,36,40). The Hall–Kier alpha value is -4.63. The number of sulfonamides is 1. The van der Waals surface area contributed by atoms with Crippen LogP contribution in [0.2, 0.25) is 0 Å². The minimum Gasteiger partial charge on any atom is -0.457 e. The van der Waals surface area contributed by atoms with Crippen LogP contribution in [-0.4, -0.2) is 44.3 Å². The molecule has 9 heteroatoms. The first-order valence-corrected chi connectivity index (χ1v) is 16.2. The van der Waals surface area contributed by atoms with Gasteiger partial charge in [0.25, 0.3) is 10.0 Å². The Labute approximate surface area is 260 Å². The third kappa shape index (κ3) is 8.26. The average Bonchev–Trinajstić information content (AvgIpc) is 3.03. The van der Waals surface area contributed by atoms with E-state index in [9.17, 15) is 18.0 Å². The molecule has 0 saturated heterocycles. The number of rotatable bonds is 14. The number of hydrogen-bond donors (Lipinski definition) is 1. The molecule has 4 aromatic rings. The van der Waals surface area contributed by atoms with Crippen molar-refractivity contribution in [1.29, 1.82) is 0 Å². The number of hydrogen-bond acceptors (Lipinski definition) is 5. The van der Waals surface area contributed by atoms with E-state index in [1.165, 1.54) is 17.0 Å². The molecule has 0 aromatic heterocycles. The normalized spacial score (nSPS) is 11.8. The van der Waals surface area contributed by atoms with Gasteiger partial charge >= 0.3 is 0 Å². The van der Waals surface area contributed by atoms with Gasteiger partial charge in [-0.05, 0) is 73.9 Å². The van der Waals surface area contributed by atoms with Crippen LogP contribution < -0.4 is 14.4 Å². The van der Waals surface area contributed by atoms with Crippen LogP contribution >= 0.6 is 0 Å². The number of carbonyl (C=O) groups is 2. The second-order valence-electron chi connectivity index (χ2n) is 10.5. The van der Waals surface area contributed by atoms with Crippen molar-refractivity contribution in [2.75, 3.05) is 17.4 Å². The van der Waals surface area contributed by atoms with E-state index in [1.807, 2.05) is 75.4 Å². The summed E-state index contributed by atoms with van der Waals surface area (Å²) in [4.78, 5) is 29.0. The smallest absolute Gasteiger partial charge is 0.264 e. The number of para-hydroxylation sites is 1. The van der Waals surface area contributed by atoms with Gasteiger partial charge in [0.05, 0.1) is 10.6 Å². The second-order valence-corrected chi connectivity index (χ2v) is 12.3. The van der Waals surface area contributed by atoms with Crippen LogP contribution in [0, 0.1) is 6.92 Å². The van der Waals surface area contributed by atoms with E-state index in [2.05, 4.69) is 5.32 Å². The highest BCUT2D eigenvalue weighted by atomic mass is 32.2. The van der Waals surface area contributed by atoms with Gasteiger partial charge in [-0.1, -0.05) is 80.1 Å². The predicted molar refractivity (Wildman–Crippen MR) is 173 cm³/mol. The summed E-state index contributed by atoms with van der Waals surface area (Å²) in [5.41, 5.74) is 2.16. The van der Waals surface area contributed by atoms with Crippen molar-refractivity contribution in [3.63, 3.8) is 0 Å². The molecule has 0 heterocycles. The summed E-state index contributed by atoms with van der Waals surface area (Å²) >= 11 is 0. The molecule has 1 N–H and O–H groups in total. The van der Waals surface area contributed by atoms with Crippen molar-refractivity contribution in [1.82, 2.24) is 10.2 Å². The fourth-order valence-electron chi connectivity index (χ4n) is 4.85. The van der Waals surface area contributed by atoms with Gasteiger partial charge in [-0.25, -0.2) is 8.42 Å². The van der Waals surface area contributed by atoms with Gasteiger partial charge in [0.1, 0.15) is 24.1 Å². The average molecular weight is 614 g/mol. The molecule has 0 fully saturated rings. The van der Waals surface area contributed by atoms with Crippen molar-refractivity contribution in [3.8, 4) is 11.5 Å². The van der Waals surface area contributed by atoms with Crippen LogP contribution in [0.1, 0.15) is 37.8 Å². The molecular weight excluding hydrogens is 574 g/mol. The third-order valence-corrected chi connectivity index (χ3v) is 8.87. The number of amides is 2. The fourth-order valence-corrected chi connectivity index (χ4v) is 6.28. The van der Waals surface area contributed by atoms with E-state index < -0.39 is 28.5 Å². The molecule has 0 saturated carbocycles. The summed E-state index contributed by atoms with van der Waals surface area (Å²) in [5, 5.41) is 2.90. The molecule has 0 aliphatic carbocycles. The second kappa shape index (κ2) is 15.2. The lowest BCUT2D eigenvalue weighted by molar-refractivity contribution is -0.140. The van der Waals surface area contributed by atoms with E-state index in [0.29, 0.717) is 30.2 Å². The van der Waals surface area contributed by atoms with Gasteiger partial charge in [-0.15, -0.1) is 0 Å². The molecule has 1 unspecified atom stereocenters. The highest BCUT2D eigenvalue weighted by Gasteiger charge is 2.33. The first-order chi connectivity index (χ1) is 21.2. The van der Waals surface area contributed by atoms with Gasteiger partial charge in [0.2, 0.25) is 11.8 Å². The van der Waals surface area contributed by atoms with Crippen LogP contribution in [0.5, 0.6) is 11.5 Å². The summed E-state index contributed by atoms with van der Waals surface area (Å²) in [6.45, 7) is 5.89. The van der Waals surface area contributed by atoms with Crippen LogP contribution in [0.15, 0.2) is 114 Å². The summed E-state index contributed by atoms with van der Waals surface area (Å²) < 4.78 is 35.0. The van der Waals surface area contributed by atoms with E-state index in [-0.39, 0.29) is 17.3 Å². The number of nitrogens with zero attached hydrogens (tertiary/aromatic N) is 2. The van der Waals surface area contributed by atoms with Gasteiger partial charge in [0.15, 0.2) is 0 Å². The molecule has 0 radical (unpaired) electrons. The van der Waals surface area contributed by atoms with Crippen molar-refractivity contribution in [3.05, 3.63) is 120 Å². The van der Waals surface area contributed by atoms with Gasteiger partial charge < -0.3 is 15.0 Å². The number of aryl methyl sites for hydroxylation is 1. The highest BCUT2D eigenvalue weighted by molar-refractivity contribution is 7.92. The Morgan fingerprint density at radius 2 is 1.45 bits per heavy atom. The van der Waals surface area contributed by atoms with Crippen molar-refractivity contribution in [2.45, 2.75) is 51.1 Å². The summed E-state index contributed by atoms with van der Waals surface area (Å²) in [6, 6.07) is 30.7. The summed E-state index contributed by atoms with van der Waals surface area (Å²) in [6.07, 6.45) is 1.12. The van der Waals surface area contributed by atoms with Crippen LogP contribution in [0.3, 0.4) is 0 Å². The summed E-state index contributed by atoms with van der Waals surface area (Å²) in [7, 11) is -4.16. The van der Waals surface area contributed by atoms with E-state index >= 15 is 0 Å². The van der Waals surface area contributed by atoms with Crippen molar-refractivity contribution < 1.29 is 22.7 Å². The number of benzene rings is 4. The van der Waals surface area contributed by atoms with Gasteiger partial charge in [-0.2, -0.15) is 0 Å². The maximum absolute atomic E-state index is 14.2. The van der Waals surface area contributed by atoms with E-state index in [4.69, 9.17) is 4.74 Å². The lowest BCUT2D eigenvalue weighted by atomic mass is 10.1. The minimum atomic E-state index is -4.16. The Bertz CT molecular complexity index is 1630. The molecule has 1 atom stereocenters. The van der Waals surface area contributed by atoms with E-state index in [0.717, 1.165) is 21.9 Å². The van der Waals surface area contributed by atoms with Crippen molar-refractivity contribution in [2.24, 2.45) is 0 Å². The van der Waals surface area contributed by atoms with Gasteiger partial charge in [-0.3, -0.25) is 13.9 Å². The number of nitrogens with one attached hydrogen (secondary N) is 1. The topological polar surface area (TPSA) is 96.0 Å². The number of ether oxygens (including phenoxy) is 1. The first-order valence-electron chi connectivity index (χ1n) is 14.8. The lowest BCUT2D eigenvalue weighted by Crippen LogP contribution is -2.52. The van der Waals surface area contributed by atoms with Gasteiger partial charge in [0, 0.05) is 13.1 Å². The van der Waals surface area contributed by atoms with Crippen LogP contribution in [-0.2, 0) is 26.2 Å². The SMILES string of the molecule is CCCNC(=O)C(CC)N(Cc1cccc(C)c1)C(=O)CN(c1ccc(Oc2ccccc2)cc1)S(=O)(=O)c1ccccc1. The number of carbonyl (C=O) groups excluding carboxylic acids is 2. The lowest BCUT2D eigenvalue weighted by Gasteiger charge is -2.33. The highest BCUT2D eigenvalue weighted by Crippen LogP contribution is 2.28. The Morgan fingerprint density at radius 3 is 2.07 bits per heavy atom. The quantitative estimate of drug-likeness (QED) is 0.180. The molecular formula is C35H39N3O5S. The minimum absolute atomic E-state index is 0.0513. The largest absolute Gasteiger partial charge is 0.457 e. The third-order valence-electron chi connectivity index (χ3n) is 7.08. The maximum Gasteiger partial charge on any atom is 0.264 e. The Morgan fingerprint density at radius 1 is 0.818 bits per heavy atom. The molecule has 4 rings (SSSR count). The first kappa shape index (κ1) is 32.3. The zero-order valence-corrected chi connectivity index (χ0v) is 26.2. The predicted octanol–water partition coefficient (Wildman–Crippen LogP) is 6.32. The van der Waals surface area contributed by atoms with Crippen LogP contribution in [0.25, 0.3) is 0 Å². The van der Waals surface area contributed by atoms with Crippen molar-refractivity contribution >= 4 is 27.5 Å². The molecule has 0 aliphatic rings. The Balaban J connectivity index is 1.71. The Kier molecular flexibility index (Phi) is 11.2. The van der Waals surface area contributed by atoms with E-state index in [1.54, 1.807) is 42.5 Å². The molecule has 2 amide bonds. The van der Waals surface area contributed by atoms with Crippen LogP contribution in [0.4, 0.5) is 5.69 Å². The molecule has 44 heavy (non-hydrogen) atoms. The number of anilines is 1. The molecule has 230 valence electrons. The zero-order valence-electron chi connectivity index (χ0n) is 25.3. The zero-order chi connectivity index (χ0) is 31.5. The fraction of sp³-hybridized carbons (Fsp3) is 0.257. The molecule has 0 bridgehead atoms. The molecule has 0 spiro atoms. The molecule has 4 aromatic carbocycles. The molecule has 8 nitrogen and oxygen atoms in total. The maximum atomic E-state index is 14.2. The summed E-state index contributed by atoms with van der Waals surface area (Å²) in [5.74, 6) is 0.398. The molecule has 0 aliphatic heterocycles. The monoisotopic (exact) mass is 613 g/mol.